The van der Waals surface area contributed by atoms with Gasteiger partial charge in [-0.3, -0.25) is 9.59 Å². The molecule has 0 aliphatic carbocycles. The molecule has 1 fully saturated rings. The molecule has 0 bridgehead atoms. The van der Waals surface area contributed by atoms with E-state index in [0.29, 0.717) is 22.2 Å². The van der Waals surface area contributed by atoms with Crippen molar-refractivity contribution in [2.75, 3.05) is 6.54 Å². The molecule has 1 aliphatic heterocycles. The minimum Gasteiger partial charge on any atom is -0.481 e. The number of likely N-dealkylation sites (tertiary alicyclic amines) is 1. The van der Waals surface area contributed by atoms with E-state index >= 15 is 0 Å². The first-order valence-electron chi connectivity index (χ1n) is 6.79. The van der Waals surface area contributed by atoms with Crippen molar-refractivity contribution in [3.8, 4) is 0 Å². The summed E-state index contributed by atoms with van der Waals surface area (Å²) in [5.74, 6) is -1.77. The van der Waals surface area contributed by atoms with Crippen molar-refractivity contribution >= 4 is 35.1 Å². The molecule has 21 heavy (non-hydrogen) atoms. The van der Waals surface area contributed by atoms with Crippen molar-refractivity contribution < 1.29 is 14.7 Å². The molecule has 1 aromatic rings. The molecule has 6 heteroatoms. The second-order valence-corrected chi connectivity index (χ2v) is 6.48. The molecule has 2 rings (SSSR count). The smallest absolute Gasteiger partial charge is 0.309 e. The highest BCUT2D eigenvalue weighted by molar-refractivity contribution is 6.36. The highest BCUT2D eigenvalue weighted by Crippen LogP contribution is 2.44. The lowest BCUT2D eigenvalue weighted by molar-refractivity contribution is -0.142. The van der Waals surface area contributed by atoms with Gasteiger partial charge in [0.05, 0.1) is 12.0 Å². The van der Waals surface area contributed by atoms with Gasteiger partial charge in [0.1, 0.15) is 0 Å². The largest absolute Gasteiger partial charge is 0.481 e. The van der Waals surface area contributed by atoms with Crippen molar-refractivity contribution in [3.05, 3.63) is 33.8 Å². The first-order chi connectivity index (χ1) is 9.82. The van der Waals surface area contributed by atoms with Gasteiger partial charge in [-0.15, -0.1) is 0 Å². The summed E-state index contributed by atoms with van der Waals surface area (Å²) >= 11 is 12.4. The zero-order valence-corrected chi connectivity index (χ0v) is 13.4. The molecule has 1 N–H and O–H groups in total. The molecule has 1 heterocycles. The molecule has 114 valence electrons. The third kappa shape index (κ3) is 3.16. The van der Waals surface area contributed by atoms with Crippen LogP contribution in [0.4, 0.5) is 0 Å². The molecule has 0 spiro atoms. The van der Waals surface area contributed by atoms with Gasteiger partial charge >= 0.3 is 5.97 Å². The van der Waals surface area contributed by atoms with Crippen molar-refractivity contribution in [3.63, 3.8) is 0 Å². The van der Waals surface area contributed by atoms with Gasteiger partial charge in [-0.1, -0.05) is 43.1 Å². The van der Waals surface area contributed by atoms with E-state index < -0.39 is 17.9 Å². The summed E-state index contributed by atoms with van der Waals surface area (Å²) < 4.78 is 0. The molecule has 0 aromatic heterocycles. The topological polar surface area (TPSA) is 57.6 Å². The number of hydrogen-bond donors (Lipinski definition) is 1. The normalized spacial score (nSPS) is 22.1. The van der Waals surface area contributed by atoms with Crippen molar-refractivity contribution in [2.45, 2.75) is 26.3 Å². The van der Waals surface area contributed by atoms with Gasteiger partial charge in [0.15, 0.2) is 0 Å². The second-order valence-electron chi connectivity index (χ2n) is 5.67. The first-order valence-corrected chi connectivity index (χ1v) is 7.54. The molecule has 4 nitrogen and oxygen atoms in total. The number of halogens is 2. The molecule has 0 radical (unpaired) electrons. The van der Waals surface area contributed by atoms with Gasteiger partial charge in [0.25, 0.3) is 0 Å². The third-order valence-electron chi connectivity index (χ3n) is 3.61. The maximum atomic E-state index is 12.2. The van der Waals surface area contributed by atoms with E-state index in [1.54, 1.807) is 23.1 Å². The SMILES string of the molecule is CC(C)CN1C(=O)CC(C(=O)O)C1c1c(Cl)cccc1Cl. The Balaban J connectivity index is 2.52. The Labute approximate surface area is 133 Å². The quantitative estimate of drug-likeness (QED) is 0.917. The van der Waals surface area contributed by atoms with Crippen LogP contribution >= 0.6 is 23.2 Å². The molecule has 1 aromatic carbocycles. The maximum Gasteiger partial charge on any atom is 0.309 e. The highest BCUT2D eigenvalue weighted by atomic mass is 35.5. The number of carbonyl (C=O) groups is 2. The number of carbonyl (C=O) groups excluding carboxylic acids is 1. The van der Waals surface area contributed by atoms with Crippen LogP contribution < -0.4 is 0 Å². The van der Waals surface area contributed by atoms with Gasteiger partial charge in [-0.25, -0.2) is 0 Å². The van der Waals surface area contributed by atoms with Crippen LogP contribution in [-0.4, -0.2) is 28.4 Å². The minimum atomic E-state index is -1.00. The zero-order chi connectivity index (χ0) is 15.7. The second kappa shape index (κ2) is 6.24. The molecule has 1 aliphatic rings. The average molecular weight is 330 g/mol. The molecule has 1 amide bonds. The van der Waals surface area contributed by atoms with Crippen LogP contribution in [-0.2, 0) is 9.59 Å². The van der Waals surface area contributed by atoms with E-state index in [2.05, 4.69) is 0 Å². The number of carboxylic acids is 1. The van der Waals surface area contributed by atoms with Gasteiger partial charge in [-0.05, 0) is 18.1 Å². The summed E-state index contributed by atoms with van der Waals surface area (Å²) in [5, 5.41) is 10.2. The molecule has 2 unspecified atom stereocenters. The highest BCUT2D eigenvalue weighted by Gasteiger charge is 2.46. The Morgan fingerprint density at radius 2 is 1.95 bits per heavy atom. The number of amides is 1. The van der Waals surface area contributed by atoms with Gasteiger partial charge in [-0.2, -0.15) is 0 Å². The Hall–Kier alpha value is -1.26. The third-order valence-corrected chi connectivity index (χ3v) is 4.27. The summed E-state index contributed by atoms with van der Waals surface area (Å²) in [6.45, 7) is 4.44. The van der Waals surface area contributed by atoms with E-state index in [1.165, 1.54) is 0 Å². The predicted octanol–water partition coefficient (Wildman–Crippen LogP) is 3.62. The number of nitrogens with zero attached hydrogens (tertiary/aromatic N) is 1. The number of carboxylic acid groups (broad SMARTS) is 1. The Bertz CT molecular complexity index is 554. The van der Waals surface area contributed by atoms with E-state index in [1.807, 2.05) is 13.8 Å². The number of hydrogen-bond acceptors (Lipinski definition) is 2. The summed E-state index contributed by atoms with van der Waals surface area (Å²) in [5.41, 5.74) is 0.528. The summed E-state index contributed by atoms with van der Waals surface area (Å²) in [4.78, 5) is 25.3. The lowest BCUT2D eigenvalue weighted by Gasteiger charge is -2.30. The number of rotatable bonds is 4. The van der Waals surface area contributed by atoms with Gasteiger partial charge in [0, 0.05) is 28.6 Å². The lowest BCUT2D eigenvalue weighted by atomic mass is 9.93. The van der Waals surface area contributed by atoms with Gasteiger partial charge in [0.2, 0.25) is 5.91 Å². The lowest BCUT2D eigenvalue weighted by Crippen LogP contribution is -2.33. The monoisotopic (exact) mass is 329 g/mol. The summed E-state index contributed by atoms with van der Waals surface area (Å²) in [6.07, 6.45) is -0.0196. The molecule has 2 atom stereocenters. The number of benzene rings is 1. The number of aliphatic carboxylic acids is 1. The Morgan fingerprint density at radius 1 is 1.38 bits per heavy atom. The Morgan fingerprint density at radius 3 is 2.43 bits per heavy atom. The van der Waals surface area contributed by atoms with Crippen molar-refractivity contribution in [1.82, 2.24) is 4.90 Å². The van der Waals surface area contributed by atoms with E-state index in [0.717, 1.165) is 0 Å². The van der Waals surface area contributed by atoms with Crippen LogP contribution in [0.25, 0.3) is 0 Å². The fraction of sp³-hybridized carbons (Fsp3) is 0.467. The fourth-order valence-corrected chi connectivity index (χ4v) is 3.39. The van der Waals surface area contributed by atoms with Crippen molar-refractivity contribution in [2.24, 2.45) is 11.8 Å². The van der Waals surface area contributed by atoms with Crippen LogP contribution in [0.3, 0.4) is 0 Å². The molecular formula is C15H17Cl2NO3. The van der Waals surface area contributed by atoms with Crippen LogP contribution in [0.5, 0.6) is 0 Å². The molecule has 0 saturated carbocycles. The predicted molar refractivity (Wildman–Crippen MR) is 81.5 cm³/mol. The van der Waals surface area contributed by atoms with Crippen LogP contribution in [0.15, 0.2) is 18.2 Å². The van der Waals surface area contributed by atoms with Gasteiger partial charge < -0.3 is 10.0 Å². The molecular weight excluding hydrogens is 313 g/mol. The van der Waals surface area contributed by atoms with E-state index in [9.17, 15) is 14.7 Å². The van der Waals surface area contributed by atoms with E-state index in [-0.39, 0.29) is 18.2 Å². The van der Waals surface area contributed by atoms with Crippen molar-refractivity contribution in [1.29, 1.82) is 0 Å². The average Bonchev–Trinajstić information content (AvgIpc) is 2.67. The Kier molecular flexibility index (Phi) is 4.79. The maximum absolute atomic E-state index is 12.2. The van der Waals surface area contributed by atoms with Crippen LogP contribution in [0, 0.1) is 11.8 Å². The first kappa shape index (κ1) is 16.1. The fourth-order valence-electron chi connectivity index (χ4n) is 2.77. The van der Waals surface area contributed by atoms with Crippen LogP contribution in [0.2, 0.25) is 10.0 Å². The minimum absolute atomic E-state index is 0.0196. The summed E-state index contributed by atoms with van der Waals surface area (Å²) in [7, 11) is 0. The summed E-state index contributed by atoms with van der Waals surface area (Å²) in [6, 6.07) is 4.42. The standard InChI is InChI=1S/C15H17Cl2NO3/c1-8(2)7-18-12(19)6-9(15(20)21)14(18)13-10(16)4-3-5-11(13)17/h3-5,8-9,14H,6-7H2,1-2H3,(H,20,21). The molecule has 1 saturated heterocycles. The van der Waals surface area contributed by atoms with Crippen LogP contribution in [0.1, 0.15) is 31.9 Å². The van der Waals surface area contributed by atoms with E-state index in [4.69, 9.17) is 23.2 Å². The zero-order valence-electron chi connectivity index (χ0n) is 11.8.